The maximum atomic E-state index is 13.3. The molecule has 4 rings (SSSR count). The molecule has 0 amide bonds. The highest BCUT2D eigenvalue weighted by Crippen LogP contribution is 2.30. The lowest BCUT2D eigenvalue weighted by atomic mass is 10.1. The molecule has 11 nitrogen and oxygen atoms in total. The number of nitrogens with zero attached hydrogens (tertiary/aromatic N) is 4. The van der Waals surface area contributed by atoms with Crippen molar-refractivity contribution < 1.29 is 41.5 Å². The number of pyridine rings is 1. The molecule has 3 N–H and O–H groups in total. The molecule has 176 valence electrons. The van der Waals surface area contributed by atoms with Gasteiger partial charge in [0.2, 0.25) is 0 Å². The van der Waals surface area contributed by atoms with E-state index in [1.54, 1.807) is 18.2 Å². The molecule has 0 saturated heterocycles. The fourth-order valence-electron chi connectivity index (χ4n) is 2.93. The lowest BCUT2D eigenvalue weighted by Gasteiger charge is -2.14. The Bertz CT molecular complexity index is 1340. The molecular weight excluding hydrogens is 475 g/mol. The van der Waals surface area contributed by atoms with Crippen LogP contribution in [-0.2, 0) is 22.2 Å². The molecule has 1 unspecified atom stereocenters. The molecule has 1 atom stereocenters. The summed E-state index contributed by atoms with van der Waals surface area (Å²) in [6, 6.07) is 7.49. The first-order chi connectivity index (χ1) is 16.2. The van der Waals surface area contributed by atoms with Gasteiger partial charge in [-0.05, 0) is 17.7 Å². The van der Waals surface area contributed by atoms with Crippen molar-refractivity contribution in [3.05, 3.63) is 77.9 Å². The number of hydrogen-bond acceptors (Lipinski definition) is 9. The smallest absolute Gasteiger partial charge is 0.321 e. The summed E-state index contributed by atoms with van der Waals surface area (Å²) in [5.41, 5.74) is 7.64. The standard InChI is InChI=1S/C20H16F2N5O6P/c21-13-5-14(22)7-16(6-13)32-20-24-9-12(10-25-20)4-15-8-18(33-26-15)17-2-1-3-27(19(17)23)11-31-34(28,29)30/h1-3,5-10,23H,4,11H2,(H2,28,29,30). The Morgan fingerprint density at radius 3 is 2.56 bits per heavy atom. The van der Waals surface area contributed by atoms with E-state index in [4.69, 9.17) is 19.9 Å². The first-order valence-corrected chi connectivity index (χ1v) is 11.0. The van der Waals surface area contributed by atoms with Gasteiger partial charge in [-0.15, -0.1) is 0 Å². The Morgan fingerprint density at radius 1 is 1.18 bits per heavy atom. The van der Waals surface area contributed by atoms with Gasteiger partial charge >= 0.3 is 6.01 Å². The molecule has 0 radical (unpaired) electrons. The van der Waals surface area contributed by atoms with E-state index in [-0.39, 0.29) is 24.0 Å². The van der Waals surface area contributed by atoms with Crippen molar-refractivity contribution in [2.24, 2.45) is 0 Å². The number of benzene rings is 1. The molecule has 0 bridgehead atoms. The Morgan fingerprint density at radius 2 is 1.88 bits per heavy atom. The van der Waals surface area contributed by atoms with Crippen molar-refractivity contribution in [1.82, 2.24) is 15.1 Å². The number of anilines is 1. The molecule has 0 aliphatic heterocycles. The summed E-state index contributed by atoms with van der Waals surface area (Å²) in [6.07, 6.45) is 4.68. The van der Waals surface area contributed by atoms with Gasteiger partial charge in [-0.25, -0.2) is 23.3 Å². The highest BCUT2D eigenvalue weighted by Gasteiger charge is 2.18. The number of nitrogen functional groups attached to an aromatic ring is 1. The van der Waals surface area contributed by atoms with Crippen molar-refractivity contribution in [1.29, 1.82) is 0 Å². The fraction of sp³-hybridized carbons (Fsp3) is 0.100. The van der Waals surface area contributed by atoms with Crippen LogP contribution in [0.5, 0.6) is 11.8 Å². The molecule has 3 heterocycles. The average molecular weight is 491 g/mol. The maximum absolute atomic E-state index is 13.3. The minimum Gasteiger partial charge on any atom is -0.756 e. The Balaban J connectivity index is 1.44. The van der Waals surface area contributed by atoms with Crippen LogP contribution < -0.4 is 19.9 Å². The Kier molecular flexibility index (Phi) is 6.61. The van der Waals surface area contributed by atoms with E-state index in [1.165, 1.54) is 23.2 Å². The Labute approximate surface area is 190 Å². The lowest BCUT2D eigenvalue weighted by Crippen LogP contribution is -2.38. The van der Waals surface area contributed by atoms with Crippen LogP contribution in [0.1, 0.15) is 11.3 Å². The highest BCUT2D eigenvalue weighted by molar-refractivity contribution is 7.44. The quantitative estimate of drug-likeness (QED) is 0.276. The zero-order chi connectivity index (χ0) is 24.3. The van der Waals surface area contributed by atoms with Gasteiger partial charge in [0.25, 0.3) is 13.6 Å². The van der Waals surface area contributed by atoms with Gasteiger partial charge in [0, 0.05) is 43.1 Å². The van der Waals surface area contributed by atoms with Crippen LogP contribution in [0.15, 0.2) is 59.5 Å². The molecule has 1 aromatic carbocycles. The number of aromatic nitrogens is 4. The molecule has 0 aliphatic rings. The van der Waals surface area contributed by atoms with Crippen LogP contribution in [0.4, 0.5) is 14.6 Å². The molecular formula is C20H16F2N5O6P. The summed E-state index contributed by atoms with van der Waals surface area (Å²) < 4.78 is 53.6. The number of hydrogen-bond donors (Lipinski definition) is 2. The maximum Gasteiger partial charge on any atom is 0.321 e. The lowest BCUT2D eigenvalue weighted by molar-refractivity contribution is -0.712. The van der Waals surface area contributed by atoms with Gasteiger partial charge in [-0.3, -0.25) is 14.8 Å². The van der Waals surface area contributed by atoms with Crippen LogP contribution in [0.25, 0.3) is 11.3 Å². The van der Waals surface area contributed by atoms with Gasteiger partial charge in [0.05, 0.1) is 11.9 Å². The predicted octanol–water partition coefficient (Wildman–Crippen LogP) is 2.10. The zero-order valence-corrected chi connectivity index (χ0v) is 18.1. The summed E-state index contributed by atoms with van der Waals surface area (Å²) in [7, 11) is -4.92. The molecule has 0 aliphatic carbocycles. The summed E-state index contributed by atoms with van der Waals surface area (Å²) in [6.45, 7) is -0.522. The first kappa shape index (κ1) is 23.4. The van der Waals surface area contributed by atoms with E-state index in [1.807, 2.05) is 0 Å². The number of phosphoric ester groups is 1. The normalized spacial score (nSPS) is 12.9. The van der Waals surface area contributed by atoms with E-state index in [0.29, 0.717) is 22.6 Å². The van der Waals surface area contributed by atoms with Crippen molar-refractivity contribution >= 4 is 13.6 Å². The van der Waals surface area contributed by atoms with Gasteiger partial charge < -0.3 is 19.0 Å². The third-order valence-corrected chi connectivity index (χ3v) is 4.85. The molecule has 0 saturated carbocycles. The van der Waals surface area contributed by atoms with E-state index >= 15 is 0 Å². The zero-order valence-electron chi connectivity index (χ0n) is 17.2. The van der Waals surface area contributed by atoms with E-state index < -0.39 is 26.2 Å². The summed E-state index contributed by atoms with van der Waals surface area (Å²) in [5.74, 6) is -1.22. The first-order valence-electron chi connectivity index (χ1n) is 9.53. The van der Waals surface area contributed by atoms with Crippen molar-refractivity contribution in [2.45, 2.75) is 13.2 Å². The molecule has 0 fully saturated rings. The fourth-order valence-corrected chi connectivity index (χ4v) is 3.20. The van der Waals surface area contributed by atoms with Crippen molar-refractivity contribution in [3.63, 3.8) is 0 Å². The molecule has 0 spiro atoms. The van der Waals surface area contributed by atoms with Crippen molar-refractivity contribution in [2.75, 3.05) is 5.73 Å². The second kappa shape index (κ2) is 9.61. The monoisotopic (exact) mass is 491 g/mol. The largest absolute Gasteiger partial charge is 0.756 e. The second-order valence-corrected chi connectivity index (χ2v) is 8.14. The van der Waals surface area contributed by atoms with Crippen molar-refractivity contribution in [3.8, 4) is 23.1 Å². The third kappa shape index (κ3) is 5.97. The number of ether oxygens (including phenoxy) is 1. The summed E-state index contributed by atoms with van der Waals surface area (Å²) >= 11 is 0. The van der Waals surface area contributed by atoms with Crippen LogP contribution in [0.3, 0.4) is 0 Å². The molecule has 4 aromatic rings. The highest BCUT2D eigenvalue weighted by atomic mass is 31.2. The number of phosphoric acid groups is 1. The molecule has 34 heavy (non-hydrogen) atoms. The predicted molar refractivity (Wildman–Crippen MR) is 109 cm³/mol. The van der Waals surface area contributed by atoms with E-state index in [2.05, 4.69) is 19.6 Å². The molecule has 3 aromatic heterocycles. The van der Waals surface area contributed by atoms with Crippen LogP contribution >= 0.6 is 7.82 Å². The second-order valence-electron chi connectivity index (χ2n) is 6.94. The topological polar surface area (TPSA) is 161 Å². The van der Waals surface area contributed by atoms with Gasteiger partial charge in [0.1, 0.15) is 22.9 Å². The van der Waals surface area contributed by atoms with Gasteiger partial charge in [-0.1, -0.05) is 5.16 Å². The van der Waals surface area contributed by atoms with Gasteiger partial charge in [0.15, 0.2) is 12.5 Å². The number of halogens is 2. The van der Waals surface area contributed by atoms with Crippen LogP contribution in [0.2, 0.25) is 0 Å². The minimum atomic E-state index is -4.92. The van der Waals surface area contributed by atoms with E-state index in [9.17, 15) is 18.2 Å². The minimum absolute atomic E-state index is 0.0773. The SMILES string of the molecule is Nc1c(-c2cc(Cc3cnc(Oc4cc(F)cc(F)c4)nc3)no2)ccc[n+]1COP(=O)([O-])O. The average Bonchev–Trinajstić information content (AvgIpc) is 3.21. The third-order valence-electron chi connectivity index (χ3n) is 4.41. The number of rotatable bonds is 8. The Hall–Kier alpha value is -3.77. The number of nitrogens with two attached hydrogens (primary N) is 1. The van der Waals surface area contributed by atoms with Crippen LogP contribution in [0, 0.1) is 11.6 Å². The summed E-state index contributed by atoms with van der Waals surface area (Å²) in [4.78, 5) is 27.6. The molecule has 14 heteroatoms. The van der Waals surface area contributed by atoms with Crippen LogP contribution in [-0.4, -0.2) is 20.0 Å². The van der Waals surface area contributed by atoms with E-state index in [0.717, 1.165) is 18.2 Å². The van der Waals surface area contributed by atoms with Gasteiger partial charge in [-0.2, -0.15) is 0 Å². The summed E-state index contributed by atoms with van der Waals surface area (Å²) in [5, 5.41) is 3.98.